The third-order valence-corrected chi connectivity index (χ3v) is 7.03. The number of carbonyl (C=O) groups excluding carboxylic acids is 2. The van der Waals surface area contributed by atoms with Crippen LogP contribution in [-0.4, -0.2) is 33.9 Å². The topological polar surface area (TPSA) is 45.6 Å². The van der Waals surface area contributed by atoms with Crippen molar-refractivity contribution in [1.82, 2.24) is 9.47 Å². The summed E-state index contributed by atoms with van der Waals surface area (Å²) < 4.78 is 2.16. The Kier molecular flexibility index (Phi) is 5.25. The first kappa shape index (κ1) is 21.4. The second kappa shape index (κ2) is 8.58. The first-order valence-corrected chi connectivity index (χ1v) is 12.1. The van der Waals surface area contributed by atoms with Crippen LogP contribution < -0.4 is 4.90 Å². The summed E-state index contributed by atoms with van der Waals surface area (Å²) in [7, 11) is 0. The lowest BCUT2D eigenvalue weighted by Gasteiger charge is -2.39. The standard InChI is InChI=1S/C30H27N3O2/c1-21-10-5-6-13-24(21)30(35)32(23-17-18-23)20-28(34)33-26-15-8-7-14-25(26)31-19-9-16-27(31)29(33)22-11-3-2-4-12-22/h2-16,19,23,29H,17-18,20H2,1H3. The van der Waals surface area contributed by atoms with Crippen molar-refractivity contribution in [3.05, 3.63) is 120 Å². The van der Waals surface area contributed by atoms with Gasteiger partial charge in [-0.2, -0.15) is 0 Å². The van der Waals surface area contributed by atoms with Crippen molar-refractivity contribution < 1.29 is 9.59 Å². The molecule has 0 bridgehead atoms. The van der Waals surface area contributed by atoms with Gasteiger partial charge >= 0.3 is 0 Å². The Bertz CT molecular complexity index is 1400. The number of amides is 2. The molecule has 1 saturated carbocycles. The third kappa shape index (κ3) is 3.73. The average Bonchev–Trinajstić information content (AvgIpc) is 3.62. The number of hydrogen-bond donors (Lipinski definition) is 0. The van der Waals surface area contributed by atoms with Gasteiger partial charge in [-0.3, -0.25) is 14.5 Å². The minimum absolute atomic E-state index is 0.0518. The number of rotatable bonds is 5. The molecule has 1 atom stereocenters. The maximum absolute atomic E-state index is 14.2. The predicted molar refractivity (Wildman–Crippen MR) is 137 cm³/mol. The van der Waals surface area contributed by atoms with Gasteiger partial charge in [0.2, 0.25) is 5.91 Å². The molecule has 2 amide bonds. The third-order valence-electron chi connectivity index (χ3n) is 7.03. The molecule has 1 aromatic heterocycles. The van der Waals surface area contributed by atoms with Gasteiger partial charge < -0.3 is 9.47 Å². The normalized spacial score (nSPS) is 16.4. The minimum atomic E-state index is -0.275. The molecule has 174 valence electrons. The summed E-state index contributed by atoms with van der Waals surface area (Å²) in [5.74, 6) is -0.142. The average molecular weight is 462 g/mol. The van der Waals surface area contributed by atoms with Crippen molar-refractivity contribution in [3.8, 4) is 5.69 Å². The molecule has 1 fully saturated rings. The van der Waals surface area contributed by atoms with Crippen molar-refractivity contribution in [3.63, 3.8) is 0 Å². The second-order valence-corrected chi connectivity index (χ2v) is 9.35. The molecule has 0 saturated heterocycles. The van der Waals surface area contributed by atoms with E-state index in [2.05, 4.69) is 22.8 Å². The number of aryl methyl sites for hydroxylation is 1. The Morgan fingerprint density at radius 3 is 2.26 bits per heavy atom. The Labute approximate surface area is 205 Å². The van der Waals surface area contributed by atoms with Crippen LogP contribution in [0.5, 0.6) is 0 Å². The van der Waals surface area contributed by atoms with Gasteiger partial charge in [-0.25, -0.2) is 0 Å². The zero-order valence-electron chi connectivity index (χ0n) is 19.7. The molecule has 0 N–H and O–H groups in total. The van der Waals surface area contributed by atoms with Crippen molar-refractivity contribution in [2.24, 2.45) is 0 Å². The van der Waals surface area contributed by atoms with E-state index in [9.17, 15) is 9.59 Å². The highest BCUT2D eigenvalue weighted by Gasteiger charge is 2.40. The lowest BCUT2D eigenvalue weighted by atomic mass is 9.97. The van der Waals surface area contributed by atoms with Crippen LogP contribution in [-0.2, 0) is 4.79 Å². The number of benzene rings is 3. The molecule has 5 nitrogen and oxygen atoms in total. The lowest BCUT2D eigenvalue weighted by molar-refractivity contribution is -0.119. The van der Waals surface area contributed by atoms with E-state index in [0.29, 0.717) is 5.56 Å². The maximum atomic E-state index is 14.2. The van der Waals surface area contributed by atoms with Gasteiger partial charge in [-0.15, -0.1) is 0 Å². The molecule has 2 aliphatic rings. The van der Waals surface area contributed by atoms with Crippen molar-refractivity contribution in [2.75, 3.05) is 11.4 Å². The van der Waals surface area contributed by atoms with Gasteiger partial charge in [0.15, 0.2) is 0 Å². The van der Waals surface area contributed by atoms with E-state index >= 15 is 0 Å². The molecule has 6 rings (SSSR count). The van der Waals surface area contributed by atoms with Gasteiger partial charge in [0, 0.05) is 17.8 Å². The number of anilines is 1. The molecule has 35 heavy (non-hydrogen) atoms. The summed E-state index contributed by atoms with van der Waals surface area (Å²) in [5.41, 5.74) is 5.49. The van der Waals surface area contributed by atoms with Gasteiger partial charge in [0.1, 0.15) is 12.6 Å². The van der Waals surface area contributed by atoms with E-state index in [1.54, 1.807) is 4.90 Å². The zero-order chi connectivity index (χ0) is 23.9. The quantitative estimate of drug-likeness (QED) is 0.393. The fraction of sp³-hybridized carbons (Fsp3) is 0.200. The van der Waals surface area contributed by atoms with E-state index in [0.717, 1.165) is 41.0 Å². The fourth-order valence-electron chi connectivity index (χ4n) is 5.16. The number of nitrogens with zero attached hydrogens (tertiary/aromatic N) is 3. The largest absolute Gasteiger partial charge is 0.326 e. The smallest absolute Gasteiger partial charge is 0.254 e. The van der Waals surface area contributed by atoms with Gasteiger partial charge in [-0.05, 0) is 61.2 Å². The molecular weight excluding hydrogens is 434 g/mol. The summed E-state index contributed by atoms with van der Waals surface area (Å²) in [5, 5.41) is 0. The van der Waals surface area contributed by atoms with E-state index < -0.39 is 0 Å². The summed E-state index contributed by atoms with van der Waals surface area (Å²) in [6.07, 6.45) is 3.92. The highest BCUT2D eigenvalue weighted by molar-refractivity contribution is 6.03. The molecule has 0 radical (unpaired) electrons. The number of para-hydroxylation sites is 2. The molecule has 4 aromatic rings. The first-order chi connectivity index (χ1) is 17.1. The van der Waals surface area contributed by atoms with E-state index in [4.69, 9.17) is 0 Å². The fourth-order valence-corrected chi connectivity index (χ4v) is 5.16. The lowest BCUT2D eigenvalue weighted by Crippen LogP contribution is -2.47. The maximum Gasteiger partial charge on any atom is 0.254 e. The SMILES string of the molecule is Cc1ccccc1C(=O)N(CC(=O)N1c2ccccc2-n2cccc2C1c1ccccc1)C1CC1. The van der Waals surface area contributed by atoms with E-state index in [-0.39, 0.29) is 30.4 Å². The van der Waals surface area contributed by atoms with Crippen LogP contribution in [0.4, 0.5) is 5.69 Å². The monoisotopic (exact) mass is 461 g/mol. The molecule has 3 aromatic carbocycles. The number of aromatic nitrogens is 1. The molecule has 1 unspecified atom stereocenters. The highest BCUT2D eigenvalue weighted by atomic mass is 16.2. The number of carbonyl (C=O) groups is 2. The Morgan fingerprint density at radius 2 is 1.51 bits per heavy atom. The Morgan fingerprint density at radius 1 is 0.829 bits per heavy atom. The van der Waals surface area contributed by atoms with Gasteiger partial charge in [0.05, 0.1) is 17.1 Å². The van der Waals surface area contributed by atoms with E-state index in [1.807, 2.05) is 90.8 Å². The second-order valence-electron chi connectivity index (χ2n) is 9.35. The number of fused-ring (bicyclic) bond motifs is 3. The molecule has 1 aliphatic carbocycles. The Balaban J connectivity index is 1.41. The summed E-state index contributed by atoms with van der Waals surface area (Å²) in [6.45, 7) is 2.00. The van der Waals surface area contributed by atoms with Crippen LogP contribution in [0, 0.1) is 6.92 Å². The Hall–Kier alpha value is -4.12. The van der Waals surface area contributed by atoms with Gasteiger partial charge in [0.25, 0.3) is 5.91 Å². The minimum Gasteiger partial charge on any atom is -0.326 e. The van der Waals surface area contributed by atoms with Crippen LogP contribution in [0.3, 0.4) is 0 Å². The first-order valence-electron chi connectivity index (χ1n) is 12.1. The molecule has 5 heteroatoms. The van der Waals surface area contributed by atoms with Crippen LogP contribution in [0.15, 0.2) is 97.2 Å². The zero-order valence-corrected chi connectivity index (χ0v) is 19.7. The van der Waals surface area contributed by atoms with Crippen molar-refractivity contribution in [2.45, 2.75) is 31.8 Å². The summed E-state index contributed by atoms with van der Waals surface area (Å²) in [6, 6.07) is 29.7. The predicted octanol–water partition coefficient (Wildman–Crippen LogP) is 5.53. The van der Waals surface area contributed by atoms with Crippen LogP contribution in [0.1, 0.15) is 46.1 Å². The van der Waals surface area contributed by atoms with Gasteiger partial charge in [-0.1, -0.05) is 60.7 Å². The molecular formula is C30H27N3O2. The highest BCUT2D eigenvalue weighted by Crippen LogP contribution is 2.42. The van der Waals surface area contributed by atoms with Crippen molar-refractivity contribution in [1.29, 1.82) is 0 Å². The van der Waals surface area contributed by atoms with Crippen molar-refractivity contribution >= 4 is 17.5 Å². The van der Waals surface area contributed by atoms with Crippen LogP contribution >= 0.6 is 0 Å². The molecule has 2 heterocycles. The number of hydrogen-bond acceptors (Lipinski definition) is 2. The van der Waals surface area contributed by atoms with Crippen LogP contribution in [0.25, 0.3) is 5.69 Å². The molecule has 0 spiro atoms. The van der Waals surface area contributed by atoms with Crippen LogP contribution in [0.2, 0.25) is 0 Å². The summed E-state index contributed by atoms with van der Waals surface area (Å²) >= 11 is 0. The summed E-state index contributed by atoms with van der Waals surface area (Å²) in [4.78, 5) is 31.4. The van der Waals surface area contributed by atoms with E-state index in [1.165, 1.54) is 0 Å². The molecule has 1 aliphatic heterocycles.